The predicted molar refractivity (Wildman–Crippen MR) is 27.2 cm³/mol. The van der Waals surface area contributed by atoms with Crippen molar-refractivity contribution >= 4 is 11.9 Å². The van der Waals surface area contributed by atoms with Crippen molar-refractivity contribution in [2.45, 2.75) is 12.3 Å². The molecule has 1 fully saturated rings. The van der Waals surface area contributed by atoms with Gasteiger partial charge in [0, 0.05) is 0 Å². The topological polar surface area (TPSA) is 98.3 Å². The van der Waals surface area contributed by atoms with Gasteiger partial charge in [-0.05, 0) is 0 Å². The van der Waals surface area contributed by atoms with Crippen LogP contribution in [0.15, 0.2) is 0 Å². The van der Waals surface area contributed by atoms with Gasteiger partial charge in [0.05, 0.1) is 0 Å². The number of amides is 3. The van der Waals surface area contributed by atoms with E-state index in [-0.39, 0.29) is 0 Å². The van der Waals surface area contributed by atoms with E-state index in [0.29, 0.717) is 0 Å². The van der Waals surface area contributed by atoms with E-state index in [1.807, 2.05) is 0 Å². The first kappa shape index (κ1) is 6.97. The summed E-state index contributed by atoms with van der Waals surface area (Å²) in [5, 5.41) is 22.6. The van der Waals surface area contributed by atoms with Crippen LogP contribution in [0.4, 0.5) is 4.79 Å². The molecule has 1 radical (unpaired) electrons. The highest BCUT2D eigenvalue weighted by molar-refractivity contribution is 5.99. The van der Waals surface area contributed by atoms with Crippen LogP contribution < -0.4 is 10.6 Å². The molecule has 0 aromatic carbocycles. The first-order chi connectivity index (χ1) is 4.61. The van der Waals surface area contributed by atoms with Gasteiger partial charge in [-0.2, -0.15) is 0 Å². The minimum absolute atomic E-state index is 0.865. The fourth-order valence-electron chi connectivity index (χ4n) is 0.568. The molecule has 6 heteroatoms. The highest BCUT2D eigenvalue weighted by Gasteiger charge is 2.33. The Balaban J connectivity index is 2.66. The number of hydrogen-bond acceptors (Lipinski definition) is 3. The summed E-state index contributed by atoms with van der Waals surface area (Å²) in [5.74, 6) is -0.955. The lowest BCUT2D eigenvalue weighted by Gasteiger charge is -2.21. The lowest BCUT2D eigenvalue weighted by Crippen LogP contribution is -2.60. The van der Waals surface area contributed by atoms with Crippen LogP contribution >= 0.6 is 0 Å². The van der Waals surface area contributed by atoms with E-state index in [4.69, 9.17) is 5.11 Å². The summed E-state index contributed by atoms with van der Waals surface area (Å²) >= 11 is 0. The van der Waals surface area contributed by atoms with E-state index in [0.717, 1.165) is 0 Å². The molecule has 2 unspecified atom stereocenters. The monoisotopic (exact) mass is 145 g/mol. The second-order valence-corrected chi connectivity index (χ2v) is 1.83. The van der Waals surface area contributed by atoms with E-state index in [1.165, 1.54) is 0 Å². The fourth-order valence-corrected chi connectivity index (χ4v) is 0.568. The van der Waals surface area contributed by atoms with Crippen LogP contribution in [0.25, 0.3) is 0 Å². The van der Waals surface area contributed by atoms with Gasteiger partial charge in [0.2, 0.25) is 6.23 Å². The zero-order valence-electron chi connectivity index (χ0n) is 4.83. The summed E-state index contributed by atoms with van der Waals surface area (Å²) in [6.45, 7) is 0. The molecular formula is C4H5N2O4. The maximum absolute atomic E-state index is 10.5. The summed E-state index contributed by atoms with van der Waals surface area (Å²) in [6.07, 6.45) is -3.43. The molecule has 0 saturated carbocycles. The third-order valence-electron chi connectivity index (χ3n) is 1.07. The van der Waals surface area contributed by atoms with E-state index in [1.54, 1.807) is 10.6 Å². The van der Waals surface area contributed by atoms with Crippen molar-refractivity contribution in [3.05, 3.63) is 0 Å². The number of carbonyl (C=O) groups excluding carboxylic acids is 2. The lowest BCUT2D eigenvalue weighted by molar-refractivity contribution is -0.141. The quantitative estimate of drug-likeness (QED) is 0.365. The van der Waals surface area contributed by atoms with Crippen LogP contribution in [0.2, 0.25) is 0 Å². The largest absolute Gasteiger partial charge is 0.379 e. The Morgan fingerprint density at radius 3 is 2.50 bits per heavy atom. The first-order valence-corrected chi connectivity index (χ1v) is 2.56. The van der Waals surface area contributed by atoms with Gasteiger partial charge < -0.3 is 10.4 Å². The zero-order valence-corrected chi connectivity index (χ0v) is 4.83. The number of imide groups is 1. The van der Waals surface area contributed by atoms with Crippen molar-refractivity contribution in [2.75, 3.05) is 0 Å². The Kier molecular flexibility index (Phi) is 1.56. The standard InChI is InChI=1S/C4H5N2O4/c7-1-2(8)5-4(10)6-3(1)9/h1-2,7H,(H2,5,6,9,10). The molecule has 2 atom stereocenters. The van der Waals surface area contributed by atoms with Gasteiger partial charge in [0.15, 0.2) is 6.10 Å². The molecule has 55 valence electrons. The third kappa shape index (κ3) is 1.07. The van der Waals surface area contributed by atoms with E-state index >= 15 is 0 Å². The Morgan fingerprint density at radius 1 is 1.40 bits per heavy atom. The van der Waals surface area contributed by atoms with Gasteiger partial charge in [0.1, 0.15) is 0 Å². The summed E-state index contributed by atoms with van der Waals surface area (Å²) in [4.78, 5) is 20.7. The second kappa shape index (κ2) is 2.24. The molecule has 6 nitrogen and oxygen atoms in total. The molecule has 0 spiro atoms. The number of aliphatic hydroxyl groups is 1. The molecule has 0 aromatic rings. The summed E-state index contributed by atoms with van der Waals surface area (Å²) in [7, 11) is 0. The van der Waals surface area contributed by atoms with Gasteiger partial charge in [-0.25, -0.2) is 9.90 Å². The molecule has 10 heavy (non-hydrogen) atoms. The van der Waals surface area contributed by atoms with Crippen molar-refractivity contribution in [1.82, 2.24) is 10.6 Å². The van der Waals surface area contributed by atoms with Crippen molar-refractivity contribution < 1.29 is 19.8 Å². The highest BCUT2D eigenvalue weighted by atomic mass is 16.4. The highest BCUT2D eigenvalue weighted by Crippen LogP contribution is 1.95. The molecule has 1 rings (SSSR count). The number of aliphatic hydroxyl groups excluding tert-OH is 1. The number of hydrogen-bond donors (Lipinski definition) is 3. The Morgan fingerprint density at radius 2 is 2.00 bits per heavy atom. The van der Waals surface area contributed by atoms with Gasteiger partial charge in [-0.15, -0.1) is 0 Å². The maximum Gasteiger partial charge on any atom is 0.323 e. The molecule has 1 aliphatic rings. The van der Waals surface area contributed by atoms with Crippen LogP contribution in [-0.2, 0) is 9.90 Å². The molecule has 3 amide bonds. The molecule has 3 N–H and O–H groups in total. The number of urea groups is 1. The molecular weight excluding hydrogens is 140 g/mol. The number of rotatable bonds is 0. The number of nitrogens with one attached hydrogen (secondary N) is 2. The minimum Gasteiger partial charge on any atom is -0.379 e. The van der Waals surface area contributed by atoms with E-state index < -0.39 is 24.3 Å². The SMILES string of the molecule is [O]C1NC(=O)NC(=O)C1O. The van der Waals surface area contributed by atoms with Crippen LogP contribution in [0.3, 0.4) is 0 Å². The Hall–Kier alpha value is -1.14. The van der Waals surface area contributed by atoms with Crippen LogP contribution in [0.1, 0.15) is 0 Å². The van der Waals surface area contributed by atoms with Crippen molar-refractivity contribution in [3.63, 3.8) is 0 Å². The molecule has 1 aliphatic heterocycles. The van der Waals surface area contributed by atoms with Crippen LogP contribution in [0, 0.1) is 0 Å². The summed E-state index contributed by atoms with van der Waals surface area (Å²) < 4.78 is 0. The summed E-state index contributed by atoms with van der Waals surface area (Å²) in [5.41, 5.74) is 0. The van der Waals surface area contributed by atoms with E-state index in [9.17, 15) is 14.7 Å². The Bertz CT molecular complexity index is 180. The van der Waals surface area contributed by atoms with Gasteiger partial charge in [-0.3, -0.25) is 10.1 Å². The van der Waals surface area contributed by atoms with Crippen LogP contribution in [-0.4, -0.2) is 29.4 Å². The lowest BCUT2D eigenvalue weighted by atomic mass is 10.2. The van der Waals surface area contributed by atoms with Gasteiger partial charge in [-0.1, -0.05) is 0 Å². The smallest absolute Gasteiger partial charge is 0.323 e. The molecule has 0 bridgehead atoms. The molecule has 1 saturated heterocycles. The molecule has 0 aliphatic carbocycles. The van der Waals surface area contributed by atoms with Gasteiger partial charge >= 0.3 is 6.03 Å². The minimum atomic E-state index is -1.75. The van der Waals surface area contributed by atoms with E-state index in [2.05, 4.69) is 0 Å². The summed E-state index contributed by atoms with van der Waals surface area (Å²) in [6, 6.07) is -0.865. The average molecular weight is 145 g/mol. The van der Waals surface area contributed by atoms with Crippen molar-refractivity contribution in [2.24, 2.45) is 0 Å². The Labute approximate surface area is 55.8 Å². The normalized spacial score (nSPS) is 33.0. The van der Waals surface area contributed by atoms with Gasteiger partial charge in [0.25, 0.3) is 5.91 Å². The average Bonchev–Trinajstić information content (AvgIpc) is 1.82. The third-order valence-corrected chi connectivity index (χ3v) is 1.07. The maximum atomic E-state index is 10.5. The second-order valence-electron chi connectivity index (χ2n) is 1.83. The zero-order chi connectivity index (χ0) is 7.72. The fraction of sp³-hybridized carbons (Fsp3) is 0.500. The first-order valence-electron chi connectivity index (χ1n) is 2.56. The van der Waals surface area contributed by atoms with Crippen molar-refractivity contribution in [1.29, 1.82) is 0 Å². The number of carbonyl (C=O) groups is 2. The molecule has 0 aromatic heterocycles. The van der Waals surface area contributed by atoms with Crippen LogP contribution in [0.5, 0.6) is 0 Å². The predicted octanol–water partition coefficient (Wildman–Crippen LogP) is -2.06. The van der Waals surface area contributed by atoms with Crippen molar-refractivity contribution in [3.8, 4) is 0 Å². The molecule has 1 heterocycles.